The van der Waals surface area contributed by atoms with E-state index in [1.54, 1.807) is 29.2 Å². The molecule has 8 nitrogen and oxygen atoms in total. The average Bonchev–Trinajstić information content (AvgIpc) is 3.35. The van der Waals surface area contributed by atoms with E-state index in [4.69, 9.17) is 11.6 Å². The molecule has 1 aliphatic heterocycles. The van der Waals surface area contributed by atoms with Crippen molar-refractivity contribution in [2.45, 2.75) is 26.3 Å². The number of halogens is 1. The molecule has 0 radical (unpaired) electrons. The number of aryl methyl sites for hydroxylation is 1. The molecule has 3 amide bonds. The van der Waals surface area contributed by atoms with E-state index >= 15 is 0 Å². The summed E-state index contributed by atoms with van der Waals surface area (Å²) in [4.78, 5) is 39.8. The Bertz CT molecular complexity index is 1200. The summed E-state index contributed by atoms with van der Waals surface area (Å²) in [6, 6.07) is 14.6. The highest BCUT2D eigenvalue weighted by Crippen LogP contribution is 2.22. The summed E-state index contributed by atoms with van der Waals surface area (Å²) in [6.45, 7) is 3.31. The Morgan fingerprint density at radius 2 is 1.82 bits per heavy atom. The maximum atomic E-state index is 13.0. The molecule has 1 atom stereocenters. The molecule has 0 spiro atoms. The molecule has 2 heterocycles. The molecular weight excluding hydrogens is 474 g/mol. The van der Waals surface area contributed by atoms with E-state index in [0.29, 0.717) is 36.8 Å². The Morgan fingerprint density at radius 1 is 1.09 bits per heavy atom. The Morgan fingerprint density at radius 3 is 2.59 bits per heavy atom. The number of hydrogen-bond acceptors (Lipinski definition) is 6. The van der Waals surface area contributed by atoms with E-state index in [9.17, 15) is 14.4 Å². The Balaban J connectivity index is 1.34. The first-order valence-corrected chi connectivity index (χ1v) is 12.1. The zero-order valence-electron chi connectivity index (χ0n) is 18.6. The number of carbonyl (C=O) groups excluding carboxylic acids is 3. The predicted octanol–water partition coefficient (Wildman–Crippen LogP) is 3.92. The van der Waals surface area contributed by atoms with Crippen molar-refractivity contribution in [3.05, 3.63) is 74.7 Å². The minimum atomic E-state index is -0.453. The molecule has 2 N–H and O–H groups in total. The number of nitrogens with one attached hydrogen (secondary N) is 2. The lowest BCUT2D eigenvalue weighted by Gasteiger charge is -2.31. The van der Waals surface area contributed by atoms with Crippen molar-refractivity contribution in [3.63, 3.8) is 0 Å². The molecule has 1 saturated heterocycles. The third-order valence-electron chi connectivity index (χ3n) is 5.70. The van der Waals surface area contributed by atoms with Crippen LogP contribution < -0.4 is 10.6 Å². The zero-order chi connectivity index (χ0) is 24.1. The molecule has 176 valence electrons. The number of rotatable bonds is 6. The maximum Gasteiger partial charge on any atom is 0.286 e. The largest absolute Gasteiger partial charge is 0.352 e. The van der Waals surface area contributed by atoms with Crippen LogP contribution >= 0.6 is 22.9 Å². The molecule has 0 saturated carbocycles. The van der Waals surface area contributed by atoms with Crippen molar-refractivity contribution in [2.24, 2.45) is 5.92 Å². The van der Waals surface area contributed by atoms with Crippen LogP contribution in [0.5, 0.6) is 0 Å². The second kappa shape index (κ2) is 10.8. The highest BCUT2D eigenvalue weighted by molar-refractivity contribution is 7.15. The number of anilines is 1. The third kappa shape index (κ3) is 5.78. The standard InChI is InChI=1S/C24H24ClN5O3S/c1-15-5-2-3-6-16(15)13-26-20(31)17-7-4-12-30(14-17)24(33)23-29-28-22(34-23)21(32)27-19-10-8-18(25)9-11-19/h2-3,5-6,8-11,17H,4,7,12-14H2,1H3,(H,26,31)(H,27,32)/t17-/m0/s1. The number of amides is 3. The van der Waals surface area contributed by atoms with Gasteiger partial charge in [-0.3, -0.25) is 14.4 Å². The summed E-state index contributed by atoms with van der Waals surface area (Å²) in [5, 5.41) is 14.3. The second-order valence-electron chi connectivity index (χ2n) is 8.11. The number of piperidine rings is 1. The van der Waals surface area contributed by atoms with Gasteiger partial charge in [0.05, 0.1) is 5.92 Å². The monoisotopic (exact) mass is 497 g/mol. The van der Waals surface area contributed by atoms with Gasteiger partial charge in [0.2, 0.25) is 15.9 Å². The maximum absolute atomic E-state index is 13.0. The van der Waals surface area contributed by atoms with E-state index < -0.39 is 5.91 Å². The fourth-order valence-corrected chi connectivity index (χ4v) is 4.60. The quantitative estimate of drug-likeness (QED) is 0.537. The third-order valence-corrected chi connectivity index (χ3v) is 6.86. The molecule has 3 aromatic rings. The first-order valence-electron chi connectivity index (χ1n) is 10.9. The number of hydrogen-bond donors (Lipinski definition) is 2. The van der Waals surface area contributed by atoms with Crippen LogP contribution in [-0.4, -0.2) is 45.9 Å². The molecule has 1 aliphatic rings. The van der Waals surface area contributed by atoms with Crippen LogP contribution in [0.1, 0.15) is 43.6 Å². The van der Waals surface area contributed by atoms with Crippen molar-refractivity contribution >= 4 is 46.3 Å². The van der Waals surface area contributed by atoms with Crippen LogP contribution in [0, 0.1) is 12.8 Å². The second-order valence-corrected chi connectivity index (χ2v) is 9.52. The summed E-state index contributed by atoms with van der Waals surface area (Å²) in [5.41, 5.74) is 2.75. The minimum absolute atomic E-state index is 0.0685. The molecule has 0 unspecified atom stereocenters. The van der Waals surface area contributed by atoms with Crippen LogP contribution in [0.2, 0.25) is 5.02 Å². The highest BCUT2D eigenvalue weighted by Gasteiger charge is 2.31. The zero-order valence-corrected chi connectivity index (χ0v) is 20.2. The summed E-state index contributed by atoms with van der Waals surface area (Å²) >= 11 is 6.79. The van der Waals surface area contributed by atoms with Gasteiger partial charge < -0.3 is 15.5 Å². The van der Waals surface area contributed by atoms with Crippen molar-refractivity contribution in [1.29, 1.82) is 0 Å². The van der Waals surface area contributed by atoms with Crippen LogP contribution in [0.4, 0.5) is 5.69 Å². The van der Waals surface area contributed by atoms with E-state index in [2.05, 4.69) is 20.8 Å². The predicted molar refractivity (Wildman–Crippen MR) is 131 cm³/mol. The van der Waals surface area contributed by atoms with Crippen LogP contribution in [0.3, 0.4) is 0 Å². The van der Waals surface area contributed by atoms with Gasteiger partial charge in [0.25, 0.3) is 11.8 Å². The van der Waals surface area contributed by atoms with Gasteiger partial charge in [-0.25, -0.2) is 0 Å². The van der Waals surface area contributed by atoms with Gasteiger partial charge in [0.15, 0.2) is 0 Å². The van der Waals surface area contributed by atoms with Gasteiger partial charge in [0, 0.05) is 30.3 Å². The molecule has 1 aromatic heterocycles. The fraction of sp³-hybridized carbons (Fsp3) is 0.292. The van der Waals surface area contributed by atoms with Crippen LogP contribution in [0.15, 0.2) is 48.5 Å². The molecule has 0 bridgehead atoms. The summed E-state index contributed by atoms with van der Waals surface area (Å²) < 4.78 is 0. The molecule has 0 aliphatic carbocycles. The van der Waals surface area contributed by atoms with Crippen molar-refractivity contribution in [3.8, 4) is 0 Å². The Labute approximate surface area is 206 Å². The van der Waals surface area contributed by atoms with Gasteiger partial charge in [-0.05, 0) is 55.2 Å². The summed E-state index contributed by atoms with van der Waals surface area (Å²) in [5.74, 6) is -1.13. The minimum Gasteiger partial charge on any atom is -0.352 e. The van der Waals surface area contributed by atoms with E-state index in [0.717, 1.165) is 28.9 Å². The topological polar surface area (TPSA) is 104 Å². The highest BCUT2D eigenvalue weighted by atomic mass is 35.5. The molecule has 1 fully saturated rings. The molecule has 2 aromatic carbocycles. The van der Waals surface area contributed by atoms with Gasteiger partial charge >= 0.3 is 0 Å². The first kappa shape index (κ1) is 23.8. The van der Waals surface area contributed by atoms with Crippen molar-refractivity contribution < 1.29 is 14.4 Å². The van der Waals surface area contributed by atoms with Crippen molar-refractivity contribution in [2.75, 3.05) is 18.4 Å². The van der Waals surface area contributed by atoms with Gasteiger partial charge in [-0.1, -0.05) is 47.2 Å². The Hall–Kier alpha value is -3.30. The van der Waals surface area contributed by atoms with Crippen molar-refractivity contribution in [1.82, 2.24) is 20.4 Å². The summed E-state index contributed by atoms with van der Waals surface area (Å²) in [6.07, 6.45) is 1.44. The van der Waals surface area contributed by atoms with E-state index in [-0.39, 0.29) is 27.7 Å². The lowest BCUT2D eigenvalue weighted by molar-refractivity contribution is -0.126. The van der Waals surface area contributed by atoms with Gasteiger partial charge in [-0.15, -0.1) is 10.2 Å². The molecule has 34 heavy (non-hydrogen) atoms. The normalized spacial score (nSPS) is 15.6. The lowest BCUT2D eigenvalue weighted by Crippen LogP contribution is -2.45. The first-order chi connectivity index (χ1) is 16.4. The van der Waals surface area contributed by atoms with Gasteiger partial charge in [-0.2, -0.15) is 0 Å². The SMILES string of the molecule is Cc1ccccc1CNC(=O)[C@H]1CCCN(C(=O)c2nnc(C(=O)Nc3ccc(Cl)cc3)s2)C1. The number of likely N-dealkylation sites (tertiary alicyclic amines) is 1. The van der Waals surface area contributed by atoms with Crippen LogP contribution in [-0.2, 0) is 11.3 Å². The van der Waals surface area contributed by atoms with E-state index in [1.807, 2.05) is 31.2 Å². The number of benzene rings is 2. The average molecular weight is 498 g/mol. The smallest absolute Gasteiger partial charge is 0.286 e. The molecule has 10 heteroatoms. The number of nitrogens with zero attached hydrogens (tertiary/aromatic N) is 3. The molecular formula is C24H24ClN5O3S. The summed E-state index contributed by atoms with van der Waals surface area (Å²) in [7, 11) is 0. The van der Waals surface area contributed by atoms with Gasteiger partial charge in [0.1, 0.15) is 0 Å². The van der Waals surface area contributed by atoms with Crippen LogP contribution in [0.25, 0.3) is 0 Å². The number of carbonyl (C=O) groups is 3. The lowest BCUT2D eigenvalue weighted by atomic mass is 9.97. The number of aromatic nitrogens is 2. The fourth-order valence-electron chi connectivity index (χ4n) is 3.77. The Kier molecular flexibility index (Phi) is 7.54. The molecule has 4 rings (SSSR count). The van der Waals surface area contributed by atoms with E-state index in [1.165, 1.54) is 0 Å².